The van der Waals surface area contributed by atoms with Crippen molar-refractivity contribution >= 4 is 20.9 Å². The molecule has 1 aliphatic heterocycles. The van der Waals surface area contributed by atoms with E-state index in [1.54, 1.807) is 18.3 Å². The Bertz CT molecular complexity index is 2120. The zero-order valence-corrected chi connectivity index (χ0v) is 29.0. The summed E-state index contributed by atoms with van der Waals surface area (Å²) in [6.45, 7) is 5.12. The summed E-state index contributed by atoms with van der Waals surface area (Å²) >= 11 is 0. The van der Waals surface area contributed by atoms with Gasteiger partial charge in [-0.05, 0) is 48.2 Å². The lowest BCUT2D eigenvalue weighted by atomic mass is 9.93. The second-order valence-electron chi connectivity index (χ2n) is 12.8. The number of benzene rings is 5. The van der Waals surface area contributed by atoms with Gasteiger partial charge in [0.1, 0.15) is 24.4 Å². The molecule has 6 aromatic rings. The molecule has 50 heavy (non-hydrogen) atoms. The Balaban J connectivity index is 1.31. The number of rotatable bonds is 12. The Morgan fingerprint density at radius 1 is 0.640 bits per heavy atom. The van der Waals surface area contributed by atoms with E-state index in [1.807, 2.05) is 135 Å². The number of aryl methyl sites for hydroxylation is 2. The Labute approximate surface area is 294 Å². The van der Waals surface area contributed by atoms with E-state index >= 15 is 0 Å². The van der Waals surface area contributed by atoms with Gasteiger partial charge in [-0.2, -0.15) is 0 Å². The second-order valence-corrected chi connectivity index (χ2v) is 14.6. The molecule has 0 unspecified atom stereocenters. The van der Waals surface area contributed by atoms with E-state index in [9.17, 15) is 8.42 Å². The van der Waals surface area contributed by atoms with Crippen molar-refractivity contribution in [3.8, 4) is 0 Å². The van der Waals surface area contributed by atoms with Crippen LogP contribution in [0.25, 0.3) is 10.9 Å². The van der Waals surface area contributed by atoms with Gasteiger partial charge in [-0.15, -0.1) is 0 Å². The fraction of sp³-hybridized carbons (Fsp3) is 0.238. The fourth-order valence-electron chi connectivity index (χ4n) is 6.56. The molecule has 0 amide bonds. The lowest BCUT2D eigenvalue weighted by molar-refractivity contribution is -0.240. The van der Waals surface area contributed by atoms with Crippen LogP contribution in [0.2, 0.25) is 0 Å². The van der Waals surface area contributed by atoms with Crippen LogP contribution in [-0.2, 0) is 48.8 Å². The first-order chi connectivity index (χ1) is 24.4. The van der Waals surface area contributed by atoms with Crippen LogP contribution in [0.1, 0.15) is 39.5 Å². The van der Waals surface area contributed by atoms with Gasteiger partial charge in [0.15, 0.2) is 0 Å². The van der Waals surface area contributed by atoms with Crippen molar-refractivity contribution in [1.82, 2.24) is 3.97 Å². The fourth-order valence-corrected chi connectivity index (χ4v) is 8.00. The van der Waals surface area contributed by atoms with Crippen LogP contribution in [0, 0.1) is 13.8 Å². The molecule has 8 heteroatoms. The van der Waals surface area contributed by atoms with E-state index in [0.717, 1.165) is 33.2 Å². The predicted octanol–water partition coefficient (Wildman–Crippen LogP) is 8.32. The molecule has 1 fully saturated rings. The molecular weight excluding hydrogens is 647 g/mol. The second kappa shape index (κ2) is 15.1. The molecule has 256 valence electrons. The van der Waals surface area contributed by atoms with E-state index in [0.29, 0.717) is 30.9 Å². The Kier molecular flexibility index (Phi) is 10.3. The summed E-state index contributed by atoms with van der Waals surface area (Å²) in [5.41, 5.74) is 6.21. The number of ether oxygens (including phenoxy) is 4. The topological polar surface area (TPSA) is 76.0 Å². The third kappa shape index (κ3) is 7.31. The molecule has 7 rings (SSSR count). The van der Waals surface area contributed by atoms with Crippen LogP contribution in [0.3, 0.4) is 0 Å². The zero-order chi connectivity index (χ0) is 34.5. The van der Waals surface area contributed by atoms with E-state index in [-0.39, 0.29) is 11.5 Å². The monoisotopic (exact) mass is 687 g/mol. The number of aromatic nitrogens is 1. The molecule has 4 atom stereocenters. The summed E-state index contributed by atoms with van der Waals surface area (Å²) < 4.78 is 56.7. The van der Waals surface area contributed by atoms with E-state index in [2.05, 4.69) is 0 Å². The van der Waals surface area contributed by atoms with E-state index < -0.39 is 34.4 Å². The highest BCUT2D eigenvalue weighted by molar-refractivity contribution is 7.90. The van der Waals surface area contributed by atoms with Crippen LogP contribution >= 0.6 is 0 Å². The lowest BCUT2D eigenvalue weighted by Crippen LogP contribution is -2.52. The first-order valence-corrected chi connectivity index (χ1v) is 18.3. The number of hydrogen-bond donors (Lipinski definition) is 0. The molecule has 2 heterocycles. The maximum absolute atomic E-state index is 14.2. The summed E-state index contributed by atoms with van der Waals surface area (Å²) in [5.74, 6) is 0. The Morgan fingerprint density at radius 3 is 1.76 bits per heavy atom. The normalized spacial score (nSPS) is 19.5. The maximum atomic E-state index is 14.2. The van der Waals surface area contributed by atoms with E-state index in [4.69, 9.17) is 18.9 Å². The van der Waals surface area contributed by atoms with E-state index in [1.165, 1.54) is 3.97 Å². The summed E-state index contributed by atoms with van der Waals surface area (Å²) in [6.07, 6.45) is -0.596. The number of para-hydroxylation sites is 1. The SMILES string of the molecule is Cc1ccc(S(=O)(=O)n2cc([C@@H]3OC[C@@H](OCc4ccccc4)[C@H](OCc4ccccc4)[C@H]3OCc3ccccc3)c3cccc(C)c32)cc1. The van der Waals surface area contributed by atoms with Gasteiger partial charge in [0, 0.05) is 17.1 Å². The zero-order valence-electron chi connectivity index (χ0n) is 28.2. The first kappa shape index (κ1) is 33.9. The van der Waals surface area contributed by atoms with Gasteiger partial charge >= 0.3 is 0 Å². The highest BCUT2D eigenvalue weighted by Crippen LogP contribution is 2.40. The molecule has 0 radical (unpaired) electrons. The van der Waals surface area contributed by atoms with Gasteiger partial charge in [0.2, 0.25) is 0 Å². The van der Waals surface area contributed by atoms with Crippen LogP contribution < -0.4 is 0 Å². The minimum atomic E-state index is -3.94. The van der Waals surface area contributed by atoms with Crippen molar-refractivity contribution in [2.75, 3.05) is 6.61 Å². The molecule has 0 N–H and O–H groups in total. The Hall–Kier alpha value is -4.57. The predicted molar refractivity (Wildman–Crippen MR) is 194 cm³/mol. The third-order valence-corrected chi connectivity index (χ3v) is 10.9. The van der Waals surface area contributed by atoms with Crippen LogP contribution in [0.15, 0.2) is 145 Å². The van der Waals surface area contributed by atoms with Gasteiger partial charge < -0.3 is 18.9 Å². The summed E-state index contributed by atoms with van der Waals surface area (Å²) in [6, 6.07) is 42.8. The molecule has 1 saturated heterocycles. The molecule has 5 aromatic carbocycles. The lowest BCUT2D eigenvalue weighted by Gasteiger charge is -2.42. The third-order valence-electron chi connectivity index (χ3n) is 9.22. The molecule has 0 bridgehead atoms. The van der Waals surface area contributed by atoms with Gasteiger partial charge in [0.25, 0.3) is 10.0 Å². The quantitative estimate of drug-likeness (QED) is 0.129. The number of hydrogen-bond acceptors (Lipinski definition) is 6. The first-order valence-electron chi connectivity index (χ1n) is 16.9. The van der Waals surface area contributed by atoms with Crippen molar-refractivity contribution in [3.05, 3.63) is 173 Å². The smallest absolute Gasteiger partial charge is 0.268 e. The summed E-state index contributed by atoms with van der Waals surface area (Å²) in [7, 11) is -3.94. The minimum absolute atomic E-state index is 0.217. The van der Waals surface area contributed by atoms with Crippen molar-refractivity contribution in [2.45, 2.75) is 63.0 Å². The van der Waals surface area contributed by atoms with Crippen molar-refractivity contribution in [3.63, 3.8) is 0 Å². The van der Waals surface area contributed by atoms with Crippen molar-refractivity contribution < 1.29 is 27.4 Å². The molecule has 0 spiro atoms. The summed E-state index contributed by atoms with van der Waals surface area (Å²) in [4.78, 5) is 0.217. The highest BCUT2D eigenvalue weighted by atomic mass is 32.2. The standard InChI is InChI=1S/C42H41NO6S/c1-30-21-23-35(24-22-30)50(44,45)43-25-37(36-20-12-13-31(2)39(36)43)40-42(48-28-34-18-10-5-11-19-34)41(47-27-33-16-8-4-9-17-33)38(29-49-40)46-26-32-14-6-3-7-15-32/h3-25,38,40-42H,26-29H2,1-2H3/t38-,40+,41+,42+/m1/s1. The number of fused-ring (bicyclic) bond motifs is 1. The maximum Gasteiger partial charge on any atom is 0.268 e. The molecule has 0 saturated carbocycles. The van der Waals surface area contributed by atoms with Crippen LogP contribution in [0.4, 0.5) is 0 Å². The minimum Gasteiger partial charge on any atom is -0.368 e. The van der Waals surface area contributed by atoms with Gasteiger partial charge in [-0.1, -0.05) is 127 Å². The van der Waals surface area contributed by atoms with Gasteiger partial charge in [-0.3, -0.25) is 0 Å². The van der Waals surface area contributed by atoms with Gasteiger partial charge in [-0.25, -0.2) is 12.4 Å². The Morgan fingerprint density at radius 2 is 1.18 bits per heavy atom. The molecule has 7 nitrogen and oxygen atoms in total. The highest BCUT2D eigenvalue weighted by Gasteiger charge is 2.45. The van der Waals surface area contributed by atoms with Crippen LogP contribution in [-0.4, -0.2) is 37.3 Å². The summed E-state index contributed by atoms with van der Waals surface area (Å²) in [5, 5.41) is 0.782. The average Bonchev–Trinajstić information content (AvgIpc) is 3.55. The average molecular weight is 688 g/mol. The number of nitrogens with zero attached hydrogens (tertiary/aromatic N) is 1. The largest absolute Gasteiger partial charge is 0.368 e. The van der Waals surface area contributed by atoms with Gasteiger partial charge in [0.05, 0.1) is 36.8 Å². The van der Waals surface area contributed by atoms with Crippen molar-refractivity contribution in [1.29, 1.82) is 0 Å². The molecule has 1 aromatic heterocycles. The van der Waals surface area contributed by atoms with Crippen molar-refractivity contribution in [2.24, 2.45) is 0 Å². The molecule has 1 aliphatic rings. The van der Waals surface area contributed by atoms with Crippen LogP contribution in [0.5, 0.6) is 0 Å². The molecular formula is C42H41NO6S. The molecule has 0 aliphatic carbocycles.